The molecule has 32 heavy (non-hydrogen) atoms. The lowest BCUT2D eigenvalue weighted by molar-refractivity contribution is 0.638. The minimum atomic E-state index is -0.434. The summed E-state index contributed by atoms with van der Waals surface area (Å²) < 4.78 is 30.1. The molecule has 4 N–H and O–H groups in total. The topological polar surface area (TPSA) is 97.6 Å². The highest BCUT2D eigenvalue weighted by Crippen LogP contribution is 2.34. The maximum absolute atomic E-state index is 15.1. The lowest BCUT2D eigenvalue weighted by atomic mass is 9.92. The van der Waals surface area contributed by atoms with Crippen LogP contribution in [-0.2, 0) is 0 Å². The van der Waals surface area contributed by atoms with E-state index in [0.29, 0.717) is 57.7 Å². The summed E-state index contributed by atoms with van der Waals surface area (Å²) in [6.07, 6.45) is 2.98. The summed E-state index contributed by atoms with van der Waals surface area (Å²) in [5.41, 5.74) is 6.55. The Kier molecular flexibility index (Phi) is 5.32. The summed E-state index contributed by atoms with van der Waals surface area (Å²) in [6.45, 7) is 2.78. The van der Waals surface area contributed by atoms with E-state index in [2.05, 4.69) is 41.7 Å². The summed E-state index contributed by atoms with van der Waals surface area (Å²) >= 11 is 0. The molecule has 0 bridgehead atoms. The van der Waals surface area contributed by atoms with Crippen LogP contribution in [0.5, 0.6) is 0 Å². The van der Waals surface area contributed by atoms with Gasteiger partial charge in [-0.1, -0.05) is 24.3 Å². The second kappa shape index (κ2) is 8.58. The Morgan fingerprint density at radius 1 is 0.750 bits per heavy atom. The van der Waals surface area contributed by atoms with Crippen molar-refractivity contribution in [3.63, 3.8) is 0 Å². The first-order chi connectivity index (χ1) is 15.7. The third-order valence-electron chi connectivity index (χ3n) is 5.22. The first-order valence-corrected chi connectivity index (χ1v) is 10.2. The lowest BCUT2D eigenvalue weighted by Gasteiger charge is -2.14. The monoisotopic (exact) mass is 434 g/mol. The maximum Gasteiger partial charge on any atom is 0.212 e. The van der Waals surface area contributed by atoms with Crippen LogP contribution in [0.25, 0.3) is 21.5 Å². The number of rotatable bonds is 4. The zero-order chi connectivity index (χ0) is 21.9. The molecule has 3 aromatic carbocycles. The SMILES string of the molecule is Fc1cccc2c(/C=N/NC3=NCCN3)c3c(F)cccc3c(/C=N/NC3=NCCN3)c12. The quantitative estimate of drug-likeness (QED) is 0.287. The predicted octanol–water partition coefficient (Wildman–Crippen LogP) is 2.04. The van der Waals surface area contributed by atoms with Crippen LogP contribution in [0.3, 0.4) is 0 Å². The summed E-state index contributed by atoms with van der Waals surface area (Å²) in [5.74, 6) is 0.214. The fourth-order valence-electron chi connectivity index (χ4n) is 3.84. The second-order valence-corrected chi connectivity index (χ2v) is 7.21. The number of benzene rings is 3. The molecule has 0 aliphatic carbocycles. The molecule has 2 aliphatic rings. The molecule has 0 atom stereocenters. The molecule has 3 aromatic rings. The van der Waals surface area contributed by atoms with Gasteiger partial charge >= 0.3 is 0 Å². The number of hydrogen-bond acceptors (Lipinski definition) is 8. The van der Waals surface area contributed by atoms with Crippen molar-refractivity contribution in [3.05, 3.63) is 59.2 Å². The van der Waals surface area contributed by atoms with Crippen LogP contribution in [0.4, 0.5) is 8.78 Å². The molecule has 0 radical (unpaired) electrons. The van der Waals surface area contributed by atoms with Crippen molar-refractivity contribution in [2.24, 2.45) is 20.2 Å². The number of halogens is 2. The van der Waals surface area contributed by atoms with Crippen LogP contribution in [0.1, 0.15) is 11.1 Å². The zero-order valence-corrected chi connectivity index (χ0v) is 17.0. The number of fused-ring (bicyclic) bond motifs is 2. The molecule has 0 aromatic heterocycles. The summed E-state index contributed by atoms with van der Waals surface area (Å²) in [6, 6.07) is 9.41. The summed E-state index contributed by atoms with van der Waals surface area (Å²) in [5, 5.41) is 16.2. The smallest absolute Gasteiger partial charge is 0.212 e. The Morgan fingerprint density at radius 2 is 1.22 bits per heavy atom. The van der Waals surface area contributed by atoms with Gasteiger partial charge in [0.05, 0.1) is 25.5 Å². The second-order valence-electron chi connectivity index (χ2n) is 7.21. The molecule has 0 saturated heterocycles. The molecule has 0 amide bonds. The van der Waals surface area contributed by atoms with Gasteiger partial charge in [0, 0.05) is 35.0 Å². The van der Waals surface area contributed by atoms with Crippen molar-refractivity contribution in [1.29, 1.82) is 0 Å². The molecule has 10 heteroatoms. The van der Waals surface area contributed by atoms with Gasteiger partial charge in [0.15, 0.2) is 0 Å². The van der Waals surface area contributed by atoms with Crippen molar-refractivity contribution in [2.45, 2.75) is 0 Å². The van der Waals surface area contributed by atoms with Gasteiger partial charge < -0.3 is 10.6 Å². The molecule has 0 spiro atoms. The number of nitrogens with one attached hydrogen (secondary N) is 4. The molecular weight excluding hydrogens is 414 g/mol. The zero-order valence-electron chi connectivity index (χ0n) is 17.0. The molecule has 0 unspecified atom stereocenters. The van der Waals surface area contributed by atoms with E-state index in [9.17, 15) is 0 Å². The largest absolute Gasteiger partial charge is 0.353 e. The van der Waals surface area contributed by atoms with Gasteiger partial charge in [-0.15, -0.1) is 0 Å². The maximum atomic E-state index is 15.1. The van der Waals surface area contributed by atoms with Crippen molar-refractivity contribution in [3.8, 4) is 0 Å². The Morgan fingerprint density at radius 3 is 1.62 bits per heavy atom. The van der Waals surface area contributed by atoms with Gasteiger partial charge in [0.25, 0.3) is 0 Å². The average molecular weight is 434 g/mol. The van der Waals surface area contributed by atoms with Gasteiger partial charge in [-0.3, -0.25) is 0 Å². The molecule has 2 aliphatic heterocycles. The summed E-state index contributed by atoms with van der Waals surface area (Å²) in [4.78, 5) is 8.42. The number of nitrogens with zero attached hydrogens (tertiary/aromatic N) is 4. The van der Waals surface area contributed by atoms with Gasteiger partial charge in [-0.2, -0.15) is 10.2 Å². The van der Waals surface area contributed by atoms with E-state index < -0.39 is 11.6 Å². The van der Waals surface area contributed by atoms with E-state index in [1.165, 1.54) is 24.6 Å². The Bertz CT molecular complexity index is 1210. The third kappa shape index (κ3) is 3.70. The lowest BCUT2D eigenvalue weighted by Crippen LogP contribution is -2.30. The number of guanidine groups is 2. The van der Waals surface area contributed by atoms with Crippen LogP contribution < -0.4 is 21.5 Å². The fraction of sp³-hybridized carbons (Fsp3) is 0.182. The van der Waals surface area contributed by atoms with Crippen molar-refractivity contribution in [1.82, 2.24) is 21.5 Å². The van der Waals surface area contributed by atoms with E-state index >= 15 is 8.78 Å². The van der Waals surface area contributed by atoms with E-state index in [1.54, 1.807) is 24.3 Å². The standard InChI is InChI=1S/C22H20F2N8/c23-17-5-1-3-13-15(11-29-31-21-25-7-8-26-21)20-14(4-2-6-18(20)24)16(19(13)17)12-30-32-22-27-9-10-28-22/h1-6,11-12H,7-10H2,(H2,25,26,31)(H2,27,28,32)/b29-11+,30-12+. The summed E-state index contributed by atoms with van der Waals surface area (Å²) in [7, 11) is 0. The fourth-order valence-corrected chi connectivity index (χ4v) is 3.84. The number of hydrogen-bond donors (Lipinski definition) is 4. The van der Waals surface area contributed by atoms with Gasteiger partial charge in [0.2, 0.25) is 11.9 Å². The highest BCUT2D eigenvalue weighted by molar-refractivity contribution is 6.21. The Balaban J connectivity index is 1.67. The molecular formula is C22H20F2N8. The predicted molar refractivity (Wildman–Crippen MR) is 123 cm³/mol. The third-order valence-corrected chi connectivity index (χ3v) is 5.22. The van der Waals surface area contributed by atoms with Crippen LogP contribution in [-0.4, -0.2) is 50.5 Å². The van der Waals surface area contributed by atoms with Crippen LogP contribution in [0, 0.1) is 11.6 Å². The minimum absolute atomic E-state index is 0.329. The minimum Gasteiger partial charge on any atom is -0.353 e. The molecule has 162 valence electrons. The average Bonchev–Trinajstić information content (AvgIpc) is 3.50. The highest BCUT2D eigenvalue weighted by atomic mass is 19.1. The molecule has 8 nitrogen and oxygen atoms in total. The van der Waals surface area contributed by atoms with Crippen molar-refractivity contribution >= 4 is 45.9 Å². The van der Waals surface area contributed by atoms with Crippen molar-refractivity contribution < 1.29 is 8.78 Å². The van der Waals surface area contributed by atoms with Crippen molar-refractivity contribution in [2.75, 3.05) is 26.2 Å². The van der Waals surface area contributed by atoms with Crippen LogP contribution in [0.2, 0.25) is 0 Å². The van der Waals surface area contributed by atoms with Gasteiger partial charge in [-0.25, -0.2) is 29.6 Å². The Labute approximate surface area is 182 Å². The first-order valence-electron chi connectivity index (χ1n) is 10.2. The molecule has 0 saturated carbocycles. The van der Waals surface area contributed by atoms with E-state index in [1.807, 2.05) is 0 Å². The van der Waals surface area contributed by atoms with Crippen LogP contribution in [0.15, 0.2) is 56.6 Å². The van der Waals surface area contributed by atoms with Crippen LogP contribution >= 0.6 is 0 Å². The first kappa shape index (κ1) is 19.9. The molecule has 0 fully saturated rings. The number of aliphatic imine (C=N–C) groups is 2. The van der Waals surface area contributed by atoms with Gasteiger partial charge in [0.1, 0.15) is 11.6 Å². The van der Waals surface area contributed by atoms with E-state index in [0.717, 1.165) is 13.1 Å². The van der Waals surface area contributed by atoms with E-state index in [4.69, 9.17) is 0 Å². The Hall–Kier alpha value is -4.08. The number of hydrazone groups is 2. The highest BCUT2D eigenvalue weighted by Gasteiger charge is 2.18. The normalized spacial score (nSPS) is 15.9. The van der Waals surface area contributed by atoms with Gasteiger partial charge in [-0.05, 0) is 22.9 Å². The molecule has 5 rings (SSSR count). The molecule has 2 heterocycles. The van der Waals surface area contributed by atoms with E-state index in [-0.39, 0.29) is 0 Å².